The van der Waals surface area contributed by atoms with Crippen LogP contribution >= 0.6 is 22.6 Å². The molecule has 0 aliphatic heterocycles. The number of hydrogen-bond donors (Lipinski definition) is 1. The summed E-state index contributed by atoms with van der Waals surface area (Å²) in [6.45, 7) is 0. The zero-order valence-corrected chi connectivity index (χ0v) is 12.8. The quantitative estimate of drug-likeness (QED) is 0.600. The van der Waals surface area contributed by atoms with E-state index < -0.39 is 0 Å². The summed E-state index contributed by atoms with van der Waals surface area (Å²) >= 11 is 2.76. The summed E-state index contributed by atoms with van der Waals surface area (Å²) in [6, 6.07) is 11.2. The van der Waals surface area contributed by atoms with Crippen LogP contribution in [0.3, 0.4) is 0 Å². The molecule has 0 heterocycles. The average Bonchev–Trinajstić information content (AvgIpc) is 3.15. The molecule has 98 valence electrons. The van der Waals surface area contributed by atoms with Gasteiger partial charge in [-0.2, -0.15) is 0 Å². The third-order valence-corrected chi connectivity index (χ3v) is 9.56. The number of rotatable bonds is 1. The topological polar surface area (TPSA) is 20.2 Å². The van der Waals surface area contributed by atoms with E-state index in [0.29, 0.717) is 17.3 Å². The number of aliphatic hydroxyl groups is 1. The van der Waals surface area contributed by atoms with Crippen LogP contribution in [0, 0.1) is 41.4 Å². The highest BCUT2D eigenvalue weighted by atomic mass is 127. The fraction of sp³-hybridized carbons (Fsp3) is 0.647. The van der Waals surface area contributed by atoms with Gasteiger partial charge in [-0.15, -0.1) is 0 Å². The number of hydrogen-bond acceptors (Lipinski definition) is 1. The fourth-order valence-electron chi connectivity index (χ4n) is 7.85. The first-order valence-electron chi connectivity index (χ1n) is 7.65. The van der Waals surface area contributed by atoms with Gasteiger partial charge in [0, 0.05) is 9.34 Å². The molecule has 0 aromatic heterocycles. The van der Waals surface area contributed by atoms with Crippen molar-refractivity contribution in [3.63, 3.8) is 0 Å². The summed E-state index contributed by atoms with van der Waals surface area (Å²) in [5, 5.41) is 10.8. The van der Waals surface area contributed by atoms with Gasteiger partial charge in [-0.25, -0.2) is 0 Å². The maximum Gasteiger partial charge on any atom is 0.0614 e. The van der Waals surface area contributed by atoms with E-state index in [1.807, 2.05) is 0 Å². The van der Waals surface area contributed by atoms with Crippen molar-refractivity contribution in [2.24, 2.45) is 41.4 Å². The molecule has 1 aromatic carbocycles. The molecule has 6 aliphatic rings. The predicted molar refractivity (Wildman–Crippen MR) is 81.0 cm³/mol. The first-order chi connectivity index (χ1) is 9.28. The van der Waals surface area contributed by atoms with Crippen LogP contribution in [0.5, 0.6) is 0 Å². The van der Waals surface area contributed by atoms with Gasteiger partial charge in [-0.05, 0) is 53.4 Å². The molecule has 6 bridgehead atoms. The fourth-order valence-corrected chi connectivity index (χ4v) is 10.1. The van der Waals surface area contributed by atoms with Gasteiger partial charge >= 0.3 is 0 Å². The molecular formula is C17H17IO. The highest BCUT2D eigenvalue weighted by molar-refractivity contribution is 14.1. The molecule has 1 nitrogen and oxygen atoms in total. The molecule has 0 spiro atoms. The standard InChI is InChI=1S/C17H17IO/c18-16-11-9-6-8-10(11)14-15(19)12(8)13(9)17(14,16)7-4-2-1-3-5-7/h1-5,8-16,19H,6H2/t8-,9-,10+,11-,12-,13-,14+,15+,16+,17-/m0/s1. The lowest BCUT2D eigenvalue weighted by atomic mass is 9.61. The maximum atomic E-state index is 10.8. The molecule has 6 fully saturated rings. The molecule has 1 aromatic rings. The number of benzene rings is 1. The van der Waals surface area contributed by atoms with Crippen molar-refractivity contribution in [3.8, 4) is 0 Å². The third-order valence-electron chi connectivity index (χ3n) is 7.70. The van der Waals surface area contributed by atoms with Crippen LogP contribution < -0.4 is 0 Å². The summed E-state index contributed by atoms with van der Waals surface area (Å²) in [4.78, 5) is 0. The Balaban J connectivity index is 1.68. The molecule has 6 aliphatic carbocycles. The lowest BCUT2D eigenvalue weighted by molar-refractivity contribution is 0.103. The Hall–Kier alpha value is -0.0900. The highest BCUT2D eigenvalue weighted by Gasteiger charge is 2.88. The van der Waals surface area contributed by atoms with E-state index in [4.69, 9.17) is 0 Å². The zero-order valence-electron chi connectivity index (χ0n) is 10.6. The highest BCUT2D eigenvalue weighted by Crippen LogP contribution is 2.88. The van der Waals surface area contributed by atoms with E-state index in [-0.39, 0.29) is 6.10 Å². The summed E-state index contributed by atoms with van der Waals surface area (Å²) in [5.74, 6) is 5.65. The molecule has 19 heavy (non-hydrogen) atoms. The largest absolute Gasteiger partial charge is 0.392 e. The van der Waals surface area contributed by atoms with Gasteiger partial charge in [0.2, 0.25) is 0 Å². The molecule has 0 unspecified atom stereocenters. The van der Waals surface area contributed by atoms with Gasteiger partial charge in [-0.1, -0.05) is 52.9 Å². The van der Waals surface area contributed by atoms with Crippen LogP contribution in [0.4, 0.5) is 0 Å². The van der Waals surface area contributed by atoms with Crippen LogP contribution in [-0.4, -0.2) is 15.1 Å². The van der Waals surface area contributed by atoms with Gasteiger partial charge in [-0.3, -0.25) is 0 Å². The predicted octanol–water partition coefficient (Wildman–Crippen LogP) is 2.86. The second kappa shape index (κ2) is 2.92. The van der Waals surface area contributed by atoms with Gasteiger partial charge < -0.3 is 5.11 Å². The number of aliphatic hydroxyl groups excluding tert-OH is 1. The van der Waals surface area contributed by atoms with Gasteiger partial charge in [0.15, 0.2) is 0 Å². The van der Waals surface area contributed by atoms with Crippen molar-refractivity contribution in [1.82, 2.24) is 0 Å². The first-order valence-corrected chi connectivity index (χ1v) is 8.90. The van der Waals surface area contributed by atoms with Crippen molar-refractivity contribution in [3.05, 3.63) is 35.9 Å². The average molecular weight is 364 g/mol. The van der Waals surface area contributed by atoms with E-state index in [1.54, 1.807) is 5.56 Å². The molecular weight excluding hydrogens is 347 g/mol. The van der Waals surface area contributed by atoms with Crippen LogP contribution in [0.2, 0.25) is 0 Å². The minimum absolute atomic E-state index is 0.00923. The van der Waals surface area contributed by atoms with Gasteiger partial charge in [0.1, 0.15) is 0 Å². The Morgan fingerprint density at radius 3 is 2.58 bits per heavy atom. The Labute approximate surface area is 126 Å². The van der Waals surface area contributed by atoms with Crippen LogP contribution in [-0.2, 0) is 5.41 Å². The van der Waals surface area contributed by atoms with E-state index in [0.717, 1.165) is 33.5 Å². The minimum atomic E-state index is 0.00923. The maximum absolute atomic E-state index is 10.8. The number of alkyl halides is 1. The summed E-state index contributed by atoms with van der Waals surface area (Å²) < 4.78 is 0.768. The SMILES string of the molecule is O[C@@H]1[C@H]2[C@H]3C[C@H]4[C@H]5[C@@H]3[C@H]1[C@](c1ccccc1)([C@@H]42)[C@@H]5I. The van der Waals surface area contributed by atoms with Crippen molar-refractivity contribution in [1.29, 1.82) is 0 Å². The Kier molecular flexibility index (Phi) is 1.63. The summed E-state index contributed by atoms with van der Waals surface area (Å²) in [7, 11) is 0. The Morgan fingerprint density at radius 1 is 1.00 bits per heavy atom. The Morgan fingerprint density at radius 2 is 1.79 bits per heavy atom. The smallest absolute Gasteiger partial charge is 0.0614 e. The van der Waals surface area contributed by atoms with Crippen LogP contribution in [0.15, 0.2) is 30.3 Å². The molecule has 10 atom stereocenters. The van der Waals surface area contributed by atoms with Crippen molar-refractivity contribution in [2.75, 3.05) is 0 Å². The van der Waals surface area contributed by atoms with E-state index in [1.165, 1.54) is 6.42 Å². The molecule has 7 rings (SSSR count). The molecule has 2 heteroatoms. The molecule has 6 saturated carbocycles. The molecule has 0 saturated heterocycles. The van der Waals surface area contributed by atoms with E-state index in [9.17, 15) is 5.11 Å². The minimum Gasteiger partial charge on any atom is -0.392 e. The summed E-state index contributed by atoms with van der Waals surface area (Å²) in [6.07, 6.45) is 1.45. The second-order valence-corrected chi connectivity index (χ2v) is 8.88. The lowest BCUT2D eigenvalue weighted by Crippen LogP contribution is -2.43. The second-order valence-electron chi connectivity index (χ2n) is 7.54. The van der Waals surface area contributed by atoms with E-state index in [2.05, 4.69) is 52.9 Å². The normalized spacial score (nSPS) is 65.9. The van der Waals surface area contributed by atoms with Crippen molar-refractivity contribution >= 4 is 22.6 Å². The van der Waals surface area contributed by atoms with Crippen molar-refractivity contribution in [2.45, 2.75) is 21.9 Å². The zero-order chi connectivity index (χ0) is 12.5. The van der Waals surface area contributed by atoms with Crippen LogP contribution in [0.1, 0.15) is 12.0 Å². The first kappa shape index (κ1) is 10.6. The lowest BCUT2D eigenvalue weighted by Gasteiger charge is -2.43. The van der Waals surface area contributed by atoms with Gasteiger partial charge in [0.05, 0.1) is 6.10 Å². The van der Waals surface area contributed by atoms with Crippen molar-refractivity contribution < 1.29 is 5.11 Å². The van der Waals surface area contributed by atoms with E-state index >= 15 is 0 Å². The van der Waals surface area contributed by atoms with Crippen LogP contribution in [0.25, 0.3) is 0 Å². The summed E-state index contributed by atoms with van der Waals surface area (Å²) in [5.41, 5.74) is 1.88. The third kappa shape index (κ3) is 0.787. The molecule has 0 radical (unpaired) electrons. The molecule has 1 N–H and O–H groups in total. The monoisotopic (exact) mass is 364 g/mol. The van der Waals surface area contributed by atoms with Gasteiger partial charge in [0.25, 0.3) is 0 Å². The number of halogens is 1. The molecule has 0 amide bonds. The Bertz CT molecular complexity index is 582.